The van der Waals surface area contributed by atoms with Gasteiger partial charge in [-0.25, -0.2) is 0 Å². The molecule has 1 unspecified atom stereocenters. The minimum Gasteiger partial charge on any atom is -0.463 e. The molecular weight excluding hydrogens is 648 g/mol. The normalized spacial score (nSPS) is 13.8. The lowest BCUT2D eigenvalue weighted by molar-refractivity contribution is 0.0460. The Hall–Kier alpha value is 0.600. The van der Waals surface area contributed by atoms with Gasteiger partial charge in [0.25, 0.3) is 0 Å². The number of hydrogen-bond acceptors (Lipinski definition) is 2. The zero-order valence-corrected chi connectivity index (χ0v) is 21.5. The first kappa shape index (κ1) is 21.9. The van der Waals surface area contributed by atoms with Crippen molar-refractivity contribution in [1.29, 1.82) is 0 Å². The quantitative estimate of drug-likeness (QED) is 0.281. The fourth-order valence-corrected chi connectivity index (χ4v) is 4.58. The maximum Gasteiger partial charge on any atom is 0.246 e. The van der Waals surface area contributed by atoms with E-state index in [0.717, 1.165) is 11.1 Å². The van der Waals surface area contributed by atoms with E-state index in [0.29, 0.717) is 5.75 Å². The molecule has 0 aromatic heterocycles. The van der Waals surface area contributed by atoms with E-state index >= 15 is 0 Å². The highest BCUT2D eigenvalue weighted by atomic mass is 79.9. The van der Waals surface area contributed by atoms with E-state index in [1.807, 2.05) is 50.2 Å². The Labute approximate surface area is 190 Å². The maximum atomic E-state index is 6.16. The summed E-state index contributed by atoms with van der Waals surface area (Å²) in [6.07, 6.45) is 0.0519. The van der Waals surface area contributed by atoms with Gasteiger partial charge in [-0.15, -0.1) is 0 Å². The molecule has 0 spiro atoms. The summed E-state index contributed by atoms with van der Waals surface area (Å²) in [5.74, 6) is 0.711. The van der Waals surface area contributed by atoms with Crippen LogP contribution in [0.4, 0.5) is 0 Å². The predicted molar refractivity (Wildman–Crippen MR) is 123 cm³/mol. The Morgan fingerprint density at radius 1 is 0.840 bits per heavy atom. The smallest absolute Gasteiger partial charge is 0.246 e. The highest BCUT2D eigenvalue weighted by Crippen LogP contribution is 2.53. The molecule has 2 rings (SSSR count). The molecule has 0 radical (unpaired) electrons. The first-order valence-corrected chi connectivity index (χ1v) is 11.6. The Bertz CT molecular complexity index is 689. The molecule has 136 valence electrons. The molecule has 2 aromatic rings. The summed E-state index contributed by atoms with van der Waals surface area (Å²) < 4.78 is 10.2. The summed E-state index contributed by atoms with van der Waals surface area (Å²) >= 11 is 18.0. The fraction of sp³-hybridized carbons (Fsp3) is 0.333. The van der Waals surface area contributed by atoms with Crippen LogP contribution >= 0.6 is 79.6 Å². The number of benzene rings is 2. The molecule has 2 nitrogen and oxygen atoms in total. The van der Waals surface area contributed by atoms with Crippen LogP contribution in [0.5, 0.6) is 5.75 Å². The highest BCUT2D eigenvalue weighted by Gasteiger charge is 2.53. The van der Waals surface area contributed by atoms with Crippen LogP contribution in [0.1, 0.15) is 13.8 Å². The molecule has 0 aliphatic heterocycles. The van der Waals surface area contributed by atoms with Crippen LogP contribution in [-0.2, 0) is 4.74 Å². The van der Waals surface area contributed by atoms with Crippen LogP contribution < -0.4 is 4.74 Å². The van der Waals surface area contributed by atoms with Crippen LogP contribution in [0, 0.1) is 0 Å². The van der Waals surface area contributed by atoms with Gasteiger partial charge in [-0.05, 0) is 69.0 Å². The van der Waals surface area contributed by atoms with E-state index < -0.39 is 6.65 Å². The van der Waals surface area contributed by atoms with Crippen LogP contribution in [0.3, 0.4) is 0 Å². The second-order valence-electron chi connectivity index (χ2n) is 5.64. The summed E-state index contributed by atoms with van der Waals surface area (Å²) in [6.45, 7) is 3.94. The second kappa shape index (κ2) is 9.20. The van der Waals surface area contributed by atoms with Crippen LogP contribution in [0.25, 0.3) is 11.1 Å². The van der Waals surface area contributed by atoms with Gasteiger partial charge in [0.15, 0.2) is 3.23 Å². The molecule has 0 aliphatic rings. The molecule has 0 amide bonds. The first-order chi connectivity index (χ1) is 11.6. The molecule has 2 aromatic carbocycles. The number of hydrogen-bond donors (Lipinski definition) is 0. The van der Waals surface area contributed by atoms with Crippen LogP contribution in [0.15, 0.2) is 54.6 Å². The third-order valence-electron chi connectivity index (χ3n) is 3.25. The third-order valence-corrected chi connectivity index (χ3v) is 11.0. The van der Waals surface area contributed by atoms with Gasteiger partial charge in [0.05, 0.1) is 6.10 Å². The Morgan fingerprint density at radius 3 is 2.04 bits per heavy atom. The summed E-state index contributed by atoms with van der Waals surface area (Å²) in [6, 6.07) is 18.1. The fourth-order valence-electron chi connectivity index (χ4n) is 2.04. The Balaban J connectivity index is 2.23. The van der Waals surface area contributed by atoms with Crippen molar-refractivity contribution in [2.75, 3.05) is 0 Å². The van der Waals surface area contributed by atoms with Crippen molar-refractivity contribution in [2.24, 2.45) is 0 Å². The summed E-state index contributed by atoms with van der Waals surface area (Å²) in [5, 5.41) is -0.365. The molecule has 0 saturated carbocycles. The summed E-state index contributed by atoms with van der Waals surface area (Å²) in [4.78, 5) is 0. The zero-order chi connectivity index (χ0) is 18.7. The lowest BCUT2D eigenvalue weighted by Gasteiger charge is -2.38. The standard InChI is InChI=1S/C18H17Br5O2/c1-12(2)24-16(19)17(20,21)18(22,23)25-15-10-6-9-14(11-15)13-7-4-3-5-8-13/h3-12,16H,1-2H3. The van der Waals surface area contributed by atoms with Gasteiger partial charge in [-0.3, -0.25) is 0 Å². The second-order valence-corrected chi connectivity index (χ2v) is 13.3. The average molecular weight is 665 g/mol. The van der Waals surface area contributed by atoms with Crippen LogP contribution in [-0.4, -0.2) is 17.8 Å². The monoisotopic (exact) mass is 660 g/mol. The predicted octanol–water partition coefficient (Wildman–Crippen LogP) is 7.81. The van der Waals surface area contributed by atoms with E-state index in [2.05, 4.69) is 97.8 Å². The molecule has 0 aliphatic carbocycles. The van der Waals surface area contributed by atoms with E-state index in [-0.39, 0.29) is 11.1 Å². The van der Waals surface area contributed by atoms with Gasteiger partial charge in [0.2, 0.25) is 3.42 Å². The van der Waals surface area contributed by atoms with Gasteiger partial charge in [0.1, 0.15) is 10.8 Å². The molecular formula is C18H17Br5O2. The SMILES string of the molecule is CC(C)OC(Br)C(Br)(Br)C(Br)(Br)Oc1cccc(-c2ccccc2)c1. The maximum absolute atomic E-state index is 6.16. The number of rotatable bonds is 7. The summed E-state index contributed by atoms with van der Waals surface area (Å²) in [7, 11) is 0. The van der Waals surface area contributed by atoms with E-state index in [1.165, 1.54) is 0 Å². The third kappa shape index (κ3) is 5.79. The molecule has 0 bridgehead atoms. The lowest BCUT2D eigenvalue weighted by Crippen LogP contribution is -2.47. The number of ether oxygens (including phenoxy) is 2. The lowest BCUT2D eigenvalue weighted by atomic mass is 10.1. The minimum atomic E-state index is -0.967. The van der Waals surface area contributed by atoms with Gasteiger partial charge >= 0.3 is 0 Å². The average Bonchev–Trinajstić information content (AvgIpc) is 2.54. The molecule has 7 heteroatoms. The largest absolute Gasteiger partial charge is 0.463 e. The molecule has 0 heterocycles. The zero-order valence-electron chi connectivity index (χ0n) is 13.6. The van der Waals surface area contributed by atoms with Gasteiger partial charge in [-0.2, -0.15) is 0 Å². The van der Waals surface area contributed by atoms with Crippen molar-refractivity contribution >= 4 is 79.6 Å². The van der Waals surface area contributed by atoms with Crippen molar-refractivity contribution < 1.29 is 9.47 Å². The van der Waals surface area contributed by atoms with Gasteiger partial charge < -0.3 is 9.47 Å². The van der Waals surface area contributed by atoms with E-state index in [4.69, 9.17) is 9.47 Å². The van der Waals surface area contributed by atoms with Crippen molar-refractivity contribution in [2.45, 2.75) is 31.6 Å². The van der Waals surface area contributed by atoms with E-state index in [9.17, 15) is 0 Å². The number of alkyl halides is 5. The topological polar surface area (TPSA) is 18.5 Å². The van der Waals surface area contributed by atoms with Crippen molar-refractivity contribution in [3.8, 4) is 16.9 Å². The summed E-state index contributed by atoms with van der Waals surface area (Å²) in [5.41, 5.74) is 2.21. The Morgan fingerprint density at radius 2 is 1.44 bits per heavy atom. The van der Waals surface area contributed by atoms with E-state index in [1.54, 1.807) is 0 Å². The van der Waals surface area contributed by atoms with Gasteiger partial charge in [0, 0.05) is 0 Å². The first-order valence-electron chi connectivity index (χ1n) is 7.53. The Kier molecular flexibility index (Phi) is 8.05. The minimum absolute atomic E-state index is 0.0519. The molecule has 0 N–H and O–H groups in total. The molecule has 0 fully saturated rings. The number of halogens is 5. The van der Waals surface area contributed by atoms with Crippen molar-refractivity contribution in [1.82, 2.24) is 0 Å². The van der Waals surface area contributed by atoms with Crippen molar-refractivity contribution in [3.63, 3.8) is 0 Å². The van der Waals surface area contributed by atoms with Crippen molar-refractivity contribution in [3.05, 3.63) is 54.6 Å². The van der Waals surface area contributed by atoms with Crippen LogP contribution in [0.2, 0.25) is 0 Å². The highest BCUT2D eigenvalue weighted by molar-refractivity contribution is 9.30. The molecule has 25 heavy (non-hydrogen) atoms. The van der Waals surface area contributed by atoms with Gasteiger partial charge in [-0.1, -0.05) is 90.3 Å². The molecule has 1 atom stereocenters. The molecule has 0 saturated heterocycles.